The van der Waals surface area contributed by atoms with Crippen molar-refractivity contribution in [3.8, 4) is 0 Å². The third-order valence-corrected chi connectivity index (χ3v) is 8.19. The lowest BCUT2D eigenvalue weighted by Crippen LogP contribution is -2.15. The van der Waals surface area contributed by atoms with Gasteiger partial charge in [-0.15, -0.1) is 0 Å². The van der Waals surface area contributed by atoms with Crippen LogP contribution in [0.5, 0.6) is 0 Å². The van der Waals surface area contributed by atoms with Crippen molar-refractivity contribution in [2.45, 2.75) is 11.8 Å². The van der Waals surface area contributed by atoms with Crippen LogP contribution in [0.15, 0.2) is 24.3 Å². The smallest absolute Gasteiger partial charge is 0.325 e. The van der Waals surface area contributed by atoms with Crippen LogP contribution in [0.2, 0.25) is 0 Å². The molecule has 8 nitrogen and oxygen atoms in total. The second-order valence-corrected chi connectivity index (χ2v) is 9.76. The molecule has 1 atom stereocenters. The van der Waals surface area contributed by atoms with Gasteiger partial charge in [0, 0.05) is 19.9 Å². The SMILES string of the molecule is COP(=O)(OC)C(Cc1ccc(NC(=O)CBr)cc1)P(=O)(O)O. The summed E-state index contributed by atoms with van der Waals surface area (Å²) < 4.78 is 33.4. The van der Waals surface area contributed by atoms with Gasteiger partial charge < -0.3 is 24.2 Å². The minimum atomic E-state index is -4.72. The molecule has 23 heavy (non-hydrogen) atoms. The lowest BCUT2D eigenvalue weighted by molar-refractivity contribution is -0.113. The number of carbonyl (C=O) groups is 1. The number of anilines is 1. The molecule has 11 heteroatoms. The quantitative estimate of drug-likeness (QED) is 0.428. The fourth-order valence-corrected chi connectivity index (χ4v) is 5.56. The van der Waals surface area contributed by atoms with Gasteiger partial charge in [-0.1, -0.05) is 28.1 Å². The Bertz CT molecular complexity index is 623. The highest BCUT2D eigenvalue weighted by Crippen LogP contribution is 2.66. The molecule has 0 saturated heterocycles. The van der Waals surface area contributed by atoms with E-state index in [1.807, 2.05) is 0 Å². The van der Waals surface area contributed by atoms with Gasteiger partial charge in [0.1, 0.15) is 0 Å². The van der Waals surface area contributed by atoms with E-state index in [1.165, 1.54) is 0 Å². The lowest BCUT2D eigenvalue weighted by atomic mass is 10.1. The number of benzene rings is 1. The van der Waals surface area contributed by atoms with Crippen molar-refractivity contribution in [2.75, 3.05) is 24.9 Å². The molecule has 3 N–H and O–H groups in total. The highest BCUT2D eigenvalue weighted by Gasteiger charge is 2.46. The van der Waals surface area contributed by atoms with Gasteiger partial charge in [0.25, 0.3) is 0 Å². The maximum absolute atomic E-state index is 12.4. The van der Waals surface area contributed by atoms with Crippen LogP contribution in [0.1, 0.15) is 5.56 Å². The average Bonchev–Trinajstić information content (AvgIpc) is 2.52. The zero-order chi connectivity index (χ0) is 17.7. The van der Waals surface area contributed by atoms with Gasteiger partial charge in [-0.2, -0.15) is 0 Å². The molecule has 0 bridgehead atoms. The molecule has 1 rings (SSSR count). The highest BCUT2D eigenvalue weighted by molar-refractivity contribution is 9.09. The molecule has 0 aliphatic carbocycles. The van der Waals surface area contributed by atoms with Crippen LogP contribution in [-0.4, -0.2) is 40.6 Å². The van der Waals surface area contributed by atoms with Gasteiger partial charge in [-0.05, 0) is 24.1 Å². The van der Waals surface area contributed by atoms with Crippen LogP contribution in [0, 0.1) is 0 Å². The van der Waals surface area contributed by atoms with Crippen LogP contribution in [0.3, 0.4) is 0 Å². The zero-order valence-corrected chi connectivity index (χ0v) is 15.9. The molecule has 0 aliphatic rings. The molecule has 0 radical (unpaired) electrons. The minimum absolute atomic E-state index is 0.153. The molecule has 1 aromatic carbocycles. The van der Waals surface area contributed by atoms with Crippen molar-refractivity contribution in [1.82, 2.24) is 0 Å². The van der Waals surface area contributed by atoms with E-state index in [2.05, 4.69) is 21.2 Å². The number of rotatable bonds is 8. The van der Waals surface area contributed by atoms with Gasteiger partial charge in [-0.25, -0.2) is 0 Å². The van der Waals surface area contributed by atoms with E-state index in [9.17, 15) is 23.7 Å². The predicted octanol–water partition coefficient (Wildman–Crippen LogP) is 2.55. The number of alkyl halides is 1. The average molecular weight is 430 g/mol. The van der Waals surface area contributed by atoms with Gasteiger partial charge in [0.15, 0.2) is 5.40 Å². The summed E-state index contributed by atoms with van der Waals surface area (Å²) >= 11 is 3.02. The fourth-order valence-electron chi connectivity index (χ4n) is 1.86. The molecule has 1 amide bonds. The van der Waals surface area contributed by atoms with Crippen LogP contribution in [0.4, 0.5) is 5.69 Å². The summed E-state index contributed by atoms with van der Waals surface area (Å²) in [5, 5.41) is 1.16. The van der Waals surface area contributed by atoms with E-state index in [0.29, 0.717) is 11.3 Å². The van der Waals surface area contributed by atoms with Crippen LogP contribution in [0.25, 0.3) is 0 Å². The first-order valence-corrected chi connectivity index (χ1v) is 10.8. The summed E-state index contributed by atoms with van der Waals surface area (Å²) in [6, 6.07) is 6.30. The van der Waals surface area contributed by atoms with Crippen molar-refractivity contribution in [3.05, 3.63) is 29.8 Å². The lowest BCUT2D eigenvalue weighted by Gasteiger charge is -2.25. The molecule has 0 saturated carbocycles. The number of carbonyl (C=O) groups excluding carboxylic acids is 1. The Morgan fingerprint density at radius 3 is 2.13 bits per heavy atom. The second kappa shape index (κ2) is 8.53. The van der Waals surface area contributed by atoms with Crippen molar-refractivity contribution in [3.63, 3.8) is 0 Å². The van der Waals surface area contributed by atoms with Crippen molar-refractivity contribution >= 4 is 42.7 Å². The molecular weight excluding hydrogens is 412 g/mol. The normalized spacial score (nSPS) is 13.6. The summed E-state index contributed by atoms with van der Waals surface area (Å²) in [6.45, 7) is 0. The molecular formula is C12H18BrNO7P2. The van der Waals surface area contributed by atoms with Gasteiger partial charge in [0.05, 0.1) is 5.33 Å². The van der Waals surface area contributed by atoms with Crippen LogP contribution < -0.4 is 5.32 Å². The van der Waals surface area contributed by atoms with Gasteiger partial charge >= 0.3 is 15.2 Å². The summed E-state index contributed by atoms with van der Waals surface area (Å²) in [4.78, 5) is 30.2. The van der Waals surface area contributed by atoms with Crippen LogP contribution >= 0.6 is 31.1 Å². The highest BCUT2D eigenvalue weighted by atomic mass is 79.9. The first kappa shape index (κ1) is 20.5. The maximum Gasteiger partial charge on any atom is 0.345 e. The number of amides is 1. The standard InChI is InChI=1S/C12H18BrNO7P2/c1-20-23(19,21-2)12(22(16,17)18)7-9-3-5-10(6-4-9)14-11(15)8-13/h3-6,12H,7-8H2,1-2H3,(H,14,15)(H2,16,17,18). The summed E-state index contributed by atoms with van der Waals surface area (Å²) in [5.74, 6) is -0.228. The van der Waals surface area contributed by atoms with Crippen molar-refractivity contribution < 1.29 is 32.8 Å². The van der Waals surface area contributed by atoms with Gasteiger partial charge in [0.2, 0.25) is 5.91 Å². The van der Waals surface area contributed by atoms with E-state index >= 15 is 0 Å². The minimum Gasteiger partial charge on any atom is -0.325 e. The maximum atomic E-state index is 12.4. The van der Waals surface area contributed by atoms with E-state index in [4.69, 9.17) is 9.05 Å². The Morgan fingerprint density at radius 1 is 1.22 bits per heavy atom. The van der Waals surface area contributed by atoms with Crippen molar-refractivity contribution in [1.29, 1.82) is 0 Å². The number of hydrogen-bond acceptors (Lipinski definition) is 5. The summed E-state index contributed by atoms with van der Waals surface area (Å²) in [6.07, 6.45) is -0.199. The Morgan fingerprint density at radius 2 is 1.74 bits per heavy atom. The summed E-state index contributed by atoms with van der Waals surface area (Å²) in [5.41, 5.74) is 1.05. The Kier molecular flexibility index (Phi) is 7.61. The topological polar surface area (TPSA) is 122 Å². The predicted molar refractivity (Wildman–Crippen MR) is 90.0 cm³/mol. The largest absolute Gasteiger partial charge is 0.345 e. The Labute approximate surface area is 142 Å². The number of nitrogens with one attached hydrogen (secondary N) is 1. The van der Waals surface area contributed by atoms with E-state index in [-0.39, 0.29) is 17.7 Å². The van der Waals surface area contributed by atoms with Crippen molar-refractivity contribution in [2.24, 2.45) is 0 Å². The third-order valence-electron chi connectivity index (χ3n) is 3.04. The van der Waals surface area contributed by atoms with E-state index < -0.39 is 20.6 Å². The monoisotopic (exact) mass is 429 g/mol. The molecule has 0 fully saturated rings. The molecule has 0 heterocycles. The molecule has 1 aromatic rings. The first-order valence-electron chi connectivity index (χ1n) is 6.37. The van der Waals surface area contributed by atoms with E-state index in [1.54, 1.807) is 24.3 Å². The Hall–Kier alpha value is -0.530. The van der Waals surface area contributed by atoms with E-state index in [0.717, 1.165) is 14.2 Å². The first-order chi connectivity index (χ1) is 10.7. The fraction of sp³-hybridized carbons (Fsp3) is 0.417. The van der Waals surface area contributed by atoms with Crippen LogP contribution in [-0.2, 0) is 29.4 Å². The third kappa shape index (κ3) is 5.80. The molecule has 0 aromatic heterocycles. The molecule has 130 valence electrons. The number of hydrogen-bond donors (Lipinski definition) is 3. The van der Waals surface area contributed by atoms with Gasteiger partial charge in [-0.3, -0.25) is 13.9 Å². The second-order valence-electron chi connectivity index (χ2n) is 4.56. The number of halogens is 1. The molecule has 0 aliphatic heterocycles. The summed E-state index contributed by atoms with van der Waals surface area (Å²) in [7, 11) is -6.53. The molecule has 0 spiro atoms. The molecule has 1 unspecified atom stereocenters. The zero-order valence-electron chi connectivity index (χ0n) is 12.5. The Balaban J connectivity index is 2.99.